The maximum Gasteiger partial charge on any atom is 0.292 e. The molecular formula is C27H20N4O4S. The Balaban J connectivity index is 1.66. The van der Waals surface area contributed by atoms with Gasteiger partial charge in [-0.3, -0.25) is 14.9 Å². The Morgan fingerprint density at radius 3 is 2.39 bits per heavy atom. The van der Waals surface area contributed by atoms with Crippen molar-refractivity contribution < 1.29 is 14.5 Å². The lowest BCUT2D eigenvalue weighted by atomic mass is 9.99. The maximum absolute atomic E-state index is 13.2. The van der Waals surface area contributed by atoms with Crippen LogP contribution in [0.3, 0.4) is 0 Å². The number of ether oxygens (including phenoxy) is 1. The van der Waals surface area contributed by atoms with E-state index in [0.29, 0.717) is 10.2 Å². The Labute approximate surface area is 210 Å². The fourth-order valence-corrected chi connectivity index (χ4v) is 4.98. The summed E-state index contributed by atoms with van der Waals surface area (Å²) in [5.41, 5.74) is 10.1. The van der Waals surface area contributed by atoms with Crippen molar-refractivity contribution in [3.8, 4) is 28.1 Å². The highest BCUT2D eigenvalue weighted by atomic mass is 32.1. The van der Waals surface area contributed by atoms with Crippen LogP contribution >= 0.6 is 11.3 Å². The van der Waals surface area contributed by atoms with E-state index in [1.54, 1.807) is 13.2 Å². The van der Waals surface area contributed by atoms with Gasteiger partial charge in [0.15, 0.2) is 0 Å². The van der Waals surface area contributed by atoms with Gasteiger partial charge in [-0.15, -0.1) is 11.3 Å². The Kier molecular flexibility index (Phi) is 6.05. The molecule has 3 aromatic carbocycles. The number of methoxy groups -OCH3 is 1. The molecule has 0 spiro atoms. The summed E-state index contributed by atoms with van der Waals surface area (Å²) in [6.45, 7) is 0. The summed E-state index contributed by atoms with van der Waals surface area (Å²) in [5, 5.41) is 14.7. The Morgan fingerprint density at radius 1 is 1.00 bits per heavy atom. The number of nitrogens with zero attached hydrogens (tertiary/aromatic N) is 2. The Bertz CT molecular complexity index is 1600. The summed E-state index contributed by atoms with van der Waals surface area (Å²) in [4.78, 5) is 29.7. The quantitative estimate of drug-likeness (QED) is 0.208. The molecule has 178 valence electrons. The van der Waals surface area contributed by atoms with E-state index in [4.69, 9.17) is 15.5 Å². The number of amides is 1. The molecular weight excluding hydrogens is 476 g/mol. The van der Waals surface area contributed by atoms with Gasteiger partial charge in [0.25, 0.3) is 11.6 Å². The normalized spacial score (nSPS) is 10.8. The number of rotatable bonds is 6. The molecule has 1 amide bonds. The zero-order valence-corrected chi connectivity index (χ0v) is 19.9. The van der Waals surface area contributed by atoms with Crippen LogP contribution in [0.15, 0.2) is 84.9 Å². The van der Waals surface area contributed by atoms with Crippen LogP contribution in [0, 0.1) is 10.1 Å². The van der Waals surface area contributed by atoms with Gasteiger partial charge >= 0.3 is 0 Å². The van der Waals surface area contributed by atoms with Gasteiger partial charge in [0.05, 0.1) is 23.4 Å². The highest BCUT2D eigenvalue weighted by Crippen LogP contribution is 2.42. The number of hydrogen-bond acceptors (Lipinski definition) is 7. The summed E-state index contributed by atoms with van der Waals surface area (Å²) in [5.74, 6) is 0.182. The van der Waals surface area contributed by atoms with Crippen LogP contribution in [-0.4, -0.2) is 22.9 Å². The molecule has 8 nitrogen and oxygen atoms in total. The van der Waals surface area contributed by atoms with Crippen molar-refractivity contribution in [1.82, 2.24) is 4.98 Å². The number of fused-ring (bicyclic) bond motifs is 1. The third-order valence-corrected chi connectivity index (χ3v) is 6.82. The van der Waals surface area contributed by atoms with Gasteiger partial charge in [-0.1, -0.05) is 54.6 Å². The van der Waals surface area contributed by atoms with Crippen LogP contribution < -0.4 is 15.8 Å². The Morgan fingerprint density at radius 2 is 1.69 bits per heavy atom. The third-order valence-electron chi connectivity index (χ3n) is 5.72. The van der Waals surface area contributed by atoms with Gasteiger partial charge in [0.1, 0.15) is 21.1 Å². The number of hydrogen-bond donors (Lipinski definition) is 2. The first-order chi connectivity index (χ1) is 17.5. The number of para-hydroxylation sites is 2. The van der Waals surface area contributed by atoms with E-state index in [1.165, 1.54) is 18.2 Å². The molecule has 0 radical (unpaired) electrons. The molecule has 2 aromatic heterocycles. The van der Waals surface area contributed by atoms with Crippen molar-refractivity contribution in [3.05, 3.63) is 99.9 Å². The van der Waals surface area contributed by atoms with Gasteiger partial charge in [-0.05, 0) is 35.4 Å². The van der Waals surface area contributed by atoms with Gasteiger partial charge in [-0.2, -0.15) is 0 Å². The minimum absolute atomic E-state index is 0.0951. The fraction of sp³-hybridized carbons (Fsp3) is 0.0370. The van der Waals surface area contributed by atoms with Crippen LogP contribution in [0.25, 0.3) is 32.6 Å². The maximum atomic E-state index is 13.2. The van der Waals surface area contributed by atoms with E-state index in [1.807, 2.05) is 60.7 Å². The predicted molar refractivity (Wildman–Crippen MR) is 143 cm³/mol. The number of nitrogens with two attached hydrogens (primary N) is 1. The van der Waals surface area contributed by atoms with Crippen molar-refractivity contribution >= 4 is 44.5 Å². The lowest BCUT2D eigenvalue weighted by Gasteiger charge is -2.10. The summed E-state index contributed by atoms with van der Waals surface area (Å²) >= 11 is 1.15. The van der Waals surface area contributed by atoms with Crippen LogP contribution in [0.1, 0.15) is 9.67 Å². The molecule has 0 saturated heterocycles. The van der Waals surface area contributed by atoms with E-state index in [2.05, 4.69) is 5.32 Å². The second-order valence-electron chi connectivity index (χ2n) is 7.90. The molecule has 0 saturated carbocycles. The highest BCUT2D eigenvalue weighted by molar-refractivity contribution is 7.21. The van der Waals surface area contributed by atoms with Crippen molar-refractivity contribution in [2.75, 3.05) is 18.2 Å². The summed E-state index contributed by atoms with van der Waals surface area (Å²) < 4.78 is 5.29. The Hall–Kier alpha value is -4.76. The molecule has 5 aromatic rings. The predicted octanol–water partition coefficient (Wildman–Crippen LogP) is 6.38. The number of nitrogens with one attached hydrogen (secondary N) is 1. The van der Waals surface area contributed by atoms with E-state index in [-0.39, 0.29) is 21.9 Å². The summed E-state index contributed by atoms with van der Waals surface area (Å²) in [6, 6.07) is 25.2. The van der Waals surface area contributed by atoms with Crippen LogP contribution in [-0.2, 0) is 0 Å². The zero-order valence-electron chi connectivity index (χ0n) is 19.1. The number of carbonyl (C=O) groups is 1. The topological polar surface area (TPSA) is 120 Å². The molecule has 36 heavy (non-hydrogen) atoms. The number of pyridine rings is 1. The number of nitro benzene ring substituents is 1. The first-order valence-corrected chi connectivity index (χ1v) is 11.8. The molecule has 0 unspecified atom stereocenters. The number of nitro groups is 1. The average molecular weight is 497 g/mol. The second-order valence-corrected chi connectivity index (χ2v) is 8.90. The molecule has 0 fully saturated rings. The number of carbonyl (C=O) groups excluding carboxylic acids is 1. The fourth-order valence-electron chi connectivity index (χ4n) is 3.96. The number of aromatic nitrogens is 1. The molecule has 5 rings (SSSR count). The van der Waals surface area contributed by atoms with E-state index >= 15 is 0 Å². The third kappa shape index (κ3) is 4.23. The van der Waals surface area contributed by atoms with Crippen LogP contribution in [0.2, 0.25) is 0 Å². The molecule has 2 heterocycles. The zero-order chi connectivity index (χ0) is 25.2. The lowest BCUT2D eigenvalue weighted by Crippen LogP contribution is -2.13. The minimum Gasteiger partial charge on any atom is -0.497 e. The van der Waals surface area contributed by atoms with Gasteiger partial charge in [0.2, 0.25) is 0 Å². The molecule has 9 heteroatoms. The molecule has 0 aliphatic heterocycles. The van der Waals surface area contributed by atoms with E-state index in [9.17, 15) is 14.9 Å². The smallest absolute Gasteiger partial charge is 0.292 e. The molecule has 0 aliphatic rings. The molecule has 0 aliphatic carbocycles. The van der Waals surface area contributed by atoms with E-state index in [0.717, 1.165) is 39.5 Å². The number of benzene rings is 3. The largest absolute Gasteiger partial charge is 0.497 e. The first kappa shape index (κ1) is 23.0. The van der Waals surface area contributed by atoms with Crippen molar-refractivity contribution in [3.63, 3.8) is 0 Å². The van der Waals surface area contributed by atoms with Gasteiger partial charge in [0, 0.05) is 17.0 Å². The summed E-state index contributed by atoms with van der Waals surface area (Å²) in [6.07, 6.45) is 0. The highest BCUT2D eigenvalue weighted by Gasteiger charge is 2.23. The average Bonchev–Trinajstić information content (AvgIpc) is 3.25. The van der Waals surface area contributed by atoms with Crippen LogP contribution in [0.4, 0.5) is 17.1 Å². The SMILES string of the molecule is COc1ccc(-c2cc(-c3ccccc3)nc3sc(C(=O)Nc4ccccc4[N+](=O)[O-])c(N)c23)cc1. The van der Waals surface area contributed by atoms with Crippen molar-refractivity contribution in [2.24, 2.45) is 0 Å². The minimum atomic E-state index is -0.542. The molecule has 0 bridgehead atoms. The molecule has 0 atom stereocenters. The first-order valence-electron chi connectivity index (χ1n) is 10.9. The van der Waals surface area contributed by atoms with E-state index < -0.39 is 10.8 Å². The number of thiophene rings is 1. The molecule has 3 N–H and O–H groups in total. The van der Waals surface area contributed by atoms with Gasteiger partial charge < -0.3 is 15.8 Å². The second kappa shape index (κ2) is 9.47. The number of anilines is 2. The monoisotopic (exact) mass is 496 g/mol. The lowest BCUT2D eigenvalue weighted by molar-refractivity contribution is -0.383. The van der Waals surface area contributed by atoms with Crippen molar-refractivity contribution in [1.29, 1.82) is 0 Å². The van der Waals surface area contributed by atoms with Crippen LogP contribution in [0.5, 0.6) is 5.75 Å². The van der Waals surface area contributed by atoms with Gasteiger partial charge in [-0.25, -0.2) is 4.98 Å². The number of nitrogen functional groups attached to an aromatic ring is 1. The summed E-state index contributed by atoms with van der Waals surface area (Å²) in [7, 11) is 1.60. The van der Waals surface area contributed by atoms with Crippen molar-refractivity contribution in [2.45, 2.75) is 0 Å². The standard InChI is InChI=1S/C27H20N4O4S/c1-35-18-13-11-16(12-14-18)19-15-21(17-7-3-2-4-8-17)30-27-23(19)24(28)25(36-27)26(32)29-20-9-5-6-10-22(20)31(33)34/h2-15H,28H2,1H3,(H,29,32).